The van der Waals surface area contributed by atoms with Crippen LogP contribution in [0.3, 0.4) is 0 Å². The third-order valence-corrected chi connectivity index (χ3v) is 3.53. The molecule has 1 saturated heterocycles. The van der Waals surface area contributed by atoms with Crippen LogP contribution >= 0.6 is 0 Å². The van der Waals surface area contributed by atoms with Crippen molar-refractivity contribution in [2.24, 2.45) is 0 Å². The van der Waals surface area contributed by atoms with E-state index in [1.54, 1.807) is 0 Å². The van der Waals surface area contributed by atoms with Crippen molar-refractivity contribution in [1.29, 1.82) is 0 Å². The minimum absolute atomic E-state index is 0.158. The van der Waals surface area contributed by atoms with Gasteiger partial charge in [-0.25, -0.2) is 4.98 Å². The van der Waals surface area contributed by atoms with Gasteiger partial charge in [-0.15, -0.1) is 0 Å². The third-order valence-electron chi connectivity index (χ3n) is 3.53. The predicted octanol–water partition coefficient (Wildman–Crippen LogP) is 3.36. The van der Waals surface area contributed by atoms with Gasteiger partial charge in [0.25, 0.3) is 0 Å². The number of rotatable bonds is 3. The molecule has 2 atom stereocenters. The molecule has 0 radical (unpaired) electrons. The average Bonchev–Trinajstić information content (AvgIpc) is 2.82. The highest BCUT2D eigenvalue weighted by atomic mass is 16.5. The summed E-state index contributed by atoms with van der Waals surface area (Å²) in [5.74, 6) is 0.936. The van der Waals surface area contributed by atoms with E-state index >= 15 is 0 Å². The predicted molar refractivity (Wildman–Crippen MR) is 75.0 cm³/mol. The van der Waals surface area contributed by atoms with Crippen LogP contribution in [0.15, 0.2) is 18.3 Å². The Hall–Kier alpha value is -1.09. The molecule has 1 aromatic rings. The smallest absolute Gasteiger partial charge is 0.126 e. The van der Waals surface area contributed by atoms with Gasteiger partial charge in [-0.2, -0.15) is 0 Å². The zero-order chi connectivity index (χ0) is 13.2. The van der Waals surface area contributed by atoms with Gasteiger partial charge < -0.3 is 10.1 Å². The lowest BCUT2D eigenvalue weighted by Gasteiger charge is -2.22. The molecular formula is C15H24N2O. The number of aromatic nitrogens is 1. The normalized spacial score (nSPS) is 21.9. The summed E-state index contributed by atoms with van der Waals surface area (Å²) in [6.07, 6.45) is 4.61. The number of hydrogen-bond acceptors (Lipinski definition) is 3. The number of ether oxygens (including phenoxy) is 1. The van der Waals surface area contributed by atoms with Crippen LogP contribution in [0.25, 0.3) is 0 Å². The molecule has 1 fully saturated rings. The van der Waals surface area contributed by atoms with Crippen molar-refractivity contribution in [3.05, 3.63) is 23.9 Å². The molecule has 1 aliphatic heterocycles. The minimum Gasteiger partial charge on any atom is -0.376 e. The van der Waals surface area contributed by atoms with Crippen LogP contribution < -0.4 is 5.32 Å². The Labute approximate surface area is 110 Å². The van der Waals surface area contributed by atoms with E-state index in [0.29, 0.717) is 12.1 Å². The number of pyridine rings is 1. The first-order valence-corrected chi connectivity index (χ1v) is 6.81. The van der Waals surface area contributed by atoms with Crippen LogP contribution in [0.4, 0.5) is 5.82 Å². The van der Waals surface area contributed by atoms with Crippen LogP contribution in [0, 0.1) is 0 Å². The summed E-state index contributed by atoms with van der Waals surface area (Å²) in [7, 11) is 0. The van der Waals surface area contributed by atoms with E-state index < -0.39 is 0 Å². The van der Waals surface area contributed by atoms with E-state index in [4.69, 9.17) is 4.74 Å². The van der Waals surface area contributed by atoms with Gasteiger partial charge in [0.2, 0.25) is 0 Å². The number of nitrogens with one attached hydrogen (secondary N) is 1. The van der Waals surface area contributed by atoms with Gasteiger partial charge in [0.15, 0.2) is 0 Å². The molecule has 0 saturated carbocycles. The maximum Gasteiger partial charge on any atom is 0.126 e. The maximum atomic E-state index is 5.67. The summed E-state index contributed by atoms with van der Waals surface area (Å²) in [5, 5.41) is 3.43. The van der Waals surface area contributed by atoms with Crippen molar-refractivity contribution in [2.75, 3.05) is 11.9 Å². The SMILES string of the molecule is CC(Nc1ccc(C(C)(C)C)cn1)C1CCCO1. The highest BCUT2D eigenvalue weighted by Crippen LogP contribution is 2.23. The highest BCUT2D eigenvalue weighted by Gasteiger charge is 2.22. The Bertz CT molecular complexity index is 374. The lowest BCUT2D eigenvalue weighted by Crippen LogP contribution is -2.30. The molecule has 0 amide bonds. The molecule has 0 bridgehead atoms. The standard InChI is InChI=1S/C15H24N2O/c1-11(13-6-5-9-18-13)17-14-8-7-12(10-16-14)15(2,3)4/h7-8,10-11,13H,5-6,9H2,1-4H3,(H,16,17). The summed E-state index contributed by atoms with van der Waals surface area (Å²) in [6, 6.07) is 4.53. The quantitative estimate of drug-likeness (QED) is 0.890. The van der Waals surface area contributed by atoms with Crippen molar-refractivity contribution >= 4 is 5.82 Å². The molecule has 0 aromatic carbocycles. The Morgan fingerprint density at radius 2 is 2.17 bits per heavy atom. The second-order valence-corrected chi connectivity index (χ2v) is 6.17. The second kappa shape index (κ2) is 5.27. The molecule has 2 heterocycles. The lowest BCUT2D eigenvalue weighted by atomic mass is 9.88. The monoisotopic (exact) mass is 248 g/mol. The molecule has 18 heavy (non-hydrogen) atoms. The fourth-order valence-corrected chi connectivity index (χ4v) is 2.25. The van der Waals surface area contributed by atoms with E-state index in [2.05, 4.69) is 50.1 Å². The van der Waals surface area contributed by atoms with Gasteiger partial charge in [0.05, 0.1) is 12.1 Å². The zero-order valence-electron chi connectivity index (χ0n) is 11.9. The van der Waals surface area contributed by atoms with Crippen LogP contribution in [0.2, 0.25) is 0 Å². The molecule has 0 spiro atoms. The molecule has 3 nitrogen and oxygen atoms in total. The van der Waals surface area contributed by atoms with Gasteiger partial charge in [-0.05, 0) is 36.8 Å². The van der Waals surface area contributed by atoms with E-state index in [9.17, 15) is 0 Å². The molecule has 100 valence electrons. The molecule has 3 heteroatoms. The summed E-state index contributed by atoms with van der Waals surface area (Å²) >= 11 is 0. The van der Waals surface area contributed by atoms with Gasteiger partial charge in [0.1, 0.15) is 5.82 Å². The topological polar surface area (TPSA) is 34.2 Å². The molecule has 1 aromatic heterocycles. The Morgan fingerprint density at radius 3 is 2.67 bits per heavy atom. The summed E-state index contributed by atoms with van der Waals surface area (Å²) in [4.78, 5) is 4.49. The van der Waals surface area contributed by atoms with Gasteiger partial charge >= 0.3 is 0 Å². The average molecular weight is 248 g/mol. The van der Waals surface area contributed by atoms with E-state index in [-0.39, 0.29) is 5.41 Å². The Balaban J connectivity index is 1.97. The maximum absolute atomic E-state index is 5.67. The fourth-order valence-electron chi connectivity index (χ4n) is 2.25. The van der Waals surface area contributed by atoms with Gasteiger partial charge in [-0.1, -0.05) is 26.8 Å². The van der Waals surface area contributed by atoms with Crippen LogP contribution in [-0.2, 0) is 10.2 Å². The lowest BCUT2D eigenvalue weighted by molar-refractivity contribution is 0.0995. The van der Waals surface area contributed by atoms with Crippen LogP contribution in [0.1, 0.15) is 46.1 Å². The highest BCUT2D eigenvalue weighted by molar-refractivity contribution is 5.38. The number of nitrogens with zero attached hydrogens (tertiary/aromatic N) is 1. The molecule has 2 unspecified atom stereocenters. The first-order chi connectivity index (χ1) is 8.47. The molecule has 0 aliphatic carbocycles. The van der Waals surface area contributed by atoms with Crippen LogP contribution in [-0.4, -0.2) is 23.7 Å². The van der Waals surface area contributed by atoms with Crippen molar-refractivity contribution < 1.29 is 4.74 Å². The number of anilines is 1. The zero-order valence-corrected chi connectivity index (χ0v) is 11.9. The van der Waals surface area contributed by atoms with Crippen molar-refractivity contribution in [1.82, 2.24) is 4.98 Å². The second-order valence-electron chi connectivity index (χ2n) is 6.17. The van der Waals surface area contributed by atoms with Gasteiger partial charge in [-0.3, -0.25) is 0 Å². The summed E-state index contributed by atoms with van der Waals surface area (Å²) in [5.41, 5.74) is 1.42. The number of hydrogen-bond donors (Lipinski definition) is 1. The van der Waals surface area contributed by atoms with E-state index in [1.165, 1.54) is 12.0 Å². The van der Waals surface area contributed by atoms with Crippen LogP contribution in [0.5, 0.6) is 0 Å². The Kier molecular flexibility index (Phi) is 3.91. The third kappa shape index (κ3) is 3.22. The van der Waals surface area contributed by atoms with Crippen molar-refractivity contribution in [2.45, 2.75) is 58.1 Å². The van der Waals surface area contributed by atoms with Crippen molar-refractivity contribution in [3.63, 3.8) is 0 Å². The first kappa shape index (κ1) is 13.3. The minimum atomic E-state index is 0.158. The van der Waals surface area contributed by atoms with E-state index in [1.807, 2.05) is 6.20 Å². The fraction of sp³-hybridized carbons (Fsp3) is 0.667. The molecule has 2 rings (SSSR count). The van der Waals surface area contributed by atoms with E-state index in [0.717, 1.165) is 18.8 Å². The summed E-state index contributed by atoms with van der Waals surface area (Å²) in [6.45, 7) is 9.66. The van der Waals surface area contributed by atoms with Crippen molar-refractivity contribution in [3.8, 4) is 0 Å². The molecule has 1 aliphatic rings. The largest absolute Gasteiger partial charge is 0.376 e. The first-order valence-electron chi connectivity index (χ1n) is 6.81. The summed E-state index contributed by atoms with van der Waals surface area (Å²) < 4.78 is 5.67. The van der Waals surface area contributed by atoms with Gasteiger partial charge in [0, 0.05) is 12.8 Å². The molecule has 1 N–H and O–H groups in total. The molecular weight excluding hydrogens is 224 g/mol. The Morgan fingerprint density at radius 1 is 1.39 bits per heavy atom.